The highest BCUT2D eigenvalue weighted by molar-refractivity contribution is 6.69. The summed E-state index contributed by atoms with van der Waals surface area (Å²) >= 11 is 0. The fraction of sp³-hybridized carbons (Fsp3) is 0.0631. The predicted molar refractivity (Wildman–Crippen MR) is 492 cm³/mol. The zero-order valence-corrected chi connectivity index (χ0v) is 64.3. The van der Waals surface area contributed by atoms with Gasteiger partial charge in [-0.3, -0.25) is 0 Å². The summed E-state index contributed by atoms with van der Waals surface area (Å²) < 4.78 is 13.3. The minimum Gasteiger partial charge on any atom is -0.399 e. The summed E-state index contributed by atoms with van der Waals surface area (Å²) in [7, 11) is -0.448. The zero-order valence-electron chi connectivity index (χ0n) is 64.3. The van der Waals surface area contributed by atoms with Crippen LogP contribution in [0, 0.1) is 6.92 Å². The van der Waals surface area contributed by atoms with Gasteiger partial charge in [0, 0.05) is 0 Å². The number of hydrogen-bond acceptors (Lipinski definition) is 2. The topological polar surface area (TPSA) is 18.5 Å². The van der Waals surface area contributed by atoms with Crippen molar-refractivity contribution in [3.05, 3.63) is 394 Å². The van der Waals surface area contributed by atoms with Crippen LogP contribution in [0.1, 0.15) is 33.3 Å². The van der Waals surface area contributed by atoms with Crippen LogP contribution in [0.25, 0.3) is 206 Å². The summed E-state index contributed by atoms with van der Waals surface area (Å²) in [6.07, 6.45) is 0. The molecule has 1 aliphatic rings. The summed E-state index contributed by atoms with van der Waals surface area (Å²) in [5.74, 6) is 0. The summed E-state index contributed by atoms with van der Waals surface area (Å²) in [6.45, 7) is 10.6. The van der Waals surface area contributed by atoms with Gasteiger partial charge in [0.1, 0.15) is 0 Å². The Bertz CT molecular complexity index is 7520. The highest BCUT2D eigenvalue weighted by Crippen LogP contribution is 2.48. The molecule has 0 aliphatic carbocycles. The van der Waals surface area contributed by atoms with Crippen LogP contribution in [0.2, 0.25) is 0 Å². The molecule has 2 nitrogen and oxygen atoms in total. The maximum Gasteiger partial charge on any atom is 0.496 e. The number of aryl methyl sites for hydroxylation is 1. The normalized spacial score (nSPS) is 13.4. The Morgan fingerprint density at radius 3 is 0.746 bits per heavy atom. The van der Waals surface area contributed by atoms with Crippen molar-refractivity contribution < 1.29 is 9.31 Å². The van der Waals surface area contributed by atoms with Gasteiger partial charge in [-0.25, -0.2) is 0 Å². The van der Waals surface area contributed by atoms with Crippen LogP contribution in [0.3, 0.4) is 0 Å². The number of rotatable bonds is 6. The van der Waals surface area contributed by atoms with E-state index in [1.54, 1.807) is 0 Å². The first-order chi connectivity index (χ1) is 55.9. The molecule has 22 aromatic carbocycles. The average Bonchev–Trinajstić information content (AvgIpc) is 0.915. The van der Waals surface area contributed by atoms with Crippen LogP contribution in [0.5, 0.6) is 0 Å². The minimum absolute atomic E-state index is 0.416. The summed E-state index contributed by atoms with van der Waals surface area (Å²) in [5.41, 5.74) is 14.1. The van der Waals surface area contributed by atoms with Gasteiger partial charge in [-0.05, 0) is 289 Å². The van der Waals surface area contributed by atoms with Crippen molar-refractivity contribution in [3.8, 4) is 55.6 Å². The first-order valence-corrected chi connectivity index (χ1v) is 39.8. The molecule has 0 radical (unpaired) electrons. The maximum atomic E-state index is 6.64. The smallest absolute Gasteiger partial charge is 0.399 e. The van der Waals surface area contributed by atoms with E-state index in [0.29, 0.717) is 0 Å². The third-order valence-electron chi connectivity index (χ3n) is 24.7. The van der Waals surface area contributed by atoms with Crippen molar-refractivity contribution in [1.29, 1.82) is 0 Å². The molecule has 1 fully saturated rings. The third kappa shape index (κ3) is 11.6. The molecule has 0 spiro atoms. The Hall–Kier alpha value is -13.5. The largest absolute Gasteiger partial charge is 0.496 e. The van der Waals surface area contributed by atoms with Gasteiger partial charge in [-0.2, -0.15) is 0 Å². The van der Waals surface area contributed by atoms with Gasteiger partial charge >= 0.3 is 7.12 Å². The molecule has 114 heavy (non-hydrogen) atoms. The highest BCUT2D eigenvalue weighted by Gasteiger charge is 2.52. The molecule has 0 atom stereocenters. The lowest BCUT2D eigenvalue weighted by atomic mass is 9.71. The molecule has 0 amide bonds. The van der Waals surface area contributed by atoms with Crippen molar-refractivity contribution in [1.82, 2.24) is 0 Å². The van der Waals surface area contributed by atoms with Crippen LogP contribution >= 0.6 is 0 Å². The summed E-state index contributed by atoms with van der Waals surface area (Å²) in [5, 5.41) is 35.5. The molecule has 3 heteroatoms. The molecule has 0 saturated carbocycles. The first-order valence-electron chi connectivity index (χ1n) is 39.8. The molecule has 1 aliphatic heterocycles. The Labute approximate surface area is 663 Å². The summed E-state index contributed by atoms with van der Waals surface area (Å²) in [4.78, 5) is 0. The number of benzene rings is 22. The summed E-state index contributed by atoms with van der Waals surface area (Å²) in [6, 6.07) is 142. The fourth-order valence-electron chi connectivity index (χ4n) is 18.4. The Balaban J connectivity index is 0.000000117. The van der Waals surface area contributed by atoms with Crippen LogP contribution in [0.4, 0.5) is 0 Å². The van der Waals surface area contributed by atoms with Crippen molar-refractivity contribution >= 4 is 163 Å². The van der Waals surface area contributed by atoms with Gasteiger partial charge in [-0.15, -0.1) is 0 Å². The molecule has 1 heterocycles. The second-order valence-corrected chi connectivity index (χ2v) is 32.0. The van der Waals surface area contributed by atoms with Crippen LogP contribution in [-0.4, -0.2) is 18.3 Å². The Morgan fingerprint density at radius 2 is 0.395 bits per heavy atom. The van der Waals surface area contributed by atoms with E-state index in [9.17, 15) is 0 Å². The maximum absolute atomic E-state index is 6.64. The van der Waals surface area contributed by atoms with E-state index in [-0.39, 0.29) is 0 Å². The fourth-order valence-corrected chi connectivity index (χ4v) is 18.4. The predicted octanol–water partition coefficient (Wildman–Crippen LogP) is 30.1. The van der Waals surface area contributed by atoms with Gasteiger partial charge in [0.05, 0.1) is 11.2 Å². The molecule has 0 bridgehead atoms. The van der Waals surface area contributed by atoms with E-state index in [1.807, 2.05) is 0 Å². The number of fused-ring (bicyclic) bond motifs is 20. The van der Waals surface area contributed by atoms with E-state index in [1.165, 1.54) is 212 Å². The van der Waals surface area contributed by atoms with Gasteiger partial charge < -0.3 is 9.31 Å². The lowest BCUT2D eigenvalue weighted by Gasteiger charge is -2.32. The molecular weight excluding hydrogens is 1380 g/mol. The second kappa shape index (κ2) is 27.4. The molecule has 0 aromatic heterocycles. The minimum atomic E-state index is -0.448. The molecular formula is C111H79BO2. The van der Waals surface area contributed by atoms with E-state index in [2.05, 4.69) is 423 Å². The Kier molecular flexibility index (Phi) is 16.5. The van der Waals surface area contributed by atoms with Crippen LogP contribution < -0.4 is 5.46 Å². The quantitative estimate of drug-likeness (QED) is 0.0938. The van der Waals surface area contributed by atoms with Crippen molar-refractivity contribution in [2.75, 3.05) is 0 Å². The lowest BCUT2D eigenvalue weighted by molar-refractivity contribution is 0.00578. The molecule has 23 rings (SSSR count). The third-order valence-corrected chi connectivity index (χ3v) is 24.7. The van der Waals surface area contributed by atoms with Crippen LogP contribution in [0.15, 0.2) is 388 Å². The standard InChI is InChI=1S/C52H32.C38H31BO2.C21H16/c1-2-12-35-29-36(24-21-33(35)11-1)37-25-22-34-23-26-38(31-40(34)30-37)51-46-17-7-9-19-48(46)52(49-20-10-8-18-47(49)51)39-27-28-45-43-15-4-3-13-41(43)42-14-5-6-16-44(42)50(45)32-39;1-37(2)38(3,4)41-39(40-37)36-32-19-11-9-17-30(32)35(31-18-10-12-20-33(31)36)24-21-22-29-27-15-6-5-13-25(27)26-14-7-8-16-28(26)34(29)23-24;1-15-6-7-17-9-11-20(14-21(17)12-15)19-10-8-16-4-2-3-5-18(16)13-19/h1-32H;5-23H,1-4H3;2-14H,1H3. The highest BCUT2D eigenvalue weighted by atomic mass is 16.7. The first kappa shape index (κ1) is 68.5. The average molecular weight is 1460 g/mol. The zero-order chi connectivity index (χ0) is 76.3. The van der Waals surface area contributed by atoms with E-state index in [4.69, 9.17) is 9.31 Å². The Morgan fingerprint density at radius 1 is 0.175 bits per heavy atom. The second-order valence-electron chi connectivity index (χ2n) is 32.0. The van der Waals surface area contributed by atoms with Crippen molar-refractivity contribution in [2.45, 2.75) is 45.8 Å². The SMILES string of the molecule is CC1(C)OB(c2c3ccccc3c(-c3ccc4c5ccccc5c5ccccc5c4c3)c3ccccc23)OC1(C)C.Cc1ccc2ccc(-c3ccc4ccccc4c3)cc2c1.c1ccc2cc(-c3ccc4ccc(-c5c6ccccc6c(-c6ccc7c8ccccc8c8ccccc8c7c6)c6ccccc56)cc4c3)ccc2c1. The van der Waals surface area contributed by atoms with Gasteiger partial charge in [-0.1, -0.05) is 351 Å². The van der Waals surface area contributed by atoms with E-state index < -0.39 is 18.3 Å². The van der Waals surface area contributed by atoms with Gasteiger partial charge in [0.15, 0.2) is 0 Å². The van der Waals surface area contributed by atoms with Gasteiger partial charge in [0.2, 0.25) is 0 Å². The van der Waals surface area contributed by atoms with Crippen molar-refractivity contribution in [2.24, 2.45) is 0 Å². The van der Waals surface area contributed by atoms with Gasteiger partial charge in [0.25, 0.3) is 0 Å². The number of hydrogen-bond donors (Lipinski definition) is 0. The van der Waals surface area contributed by atoms with Crippen LogP contribution in [-0.2, 0) is 9.31 Å². The lowest BCUT2D eigenvalue weighted by Crippen LogP contribution is -2.41. The van der Waals surface area contributed by atoms with E-state index >= 15 is 0 Å². The van der Waals surface area contributed by atoms with Crippen molar-refractivity contribution in [3.63, 3.8) is 0 Å². The van der Waals surface area contributed by atoms with E-state index in [0.717, 1.165) is 5.46 Å². The molecule has 22 aromatic rings. The molecule has 1 saturated heterocycles. The molecule has 0 N–H and O–H groups in total. The molecule has 0 unspecified atom stereocenters. The monoisotopic (exact) mass is 1450 g/mol. The molecule has 538 valence electrons.